The molecule has 1 aromatic heterocycles. The first-order valence-electron chi connectivity index (χ1n) is 9.24. The molecule has 1 spiro atoms. The van der Waals surface area contributed by atoms with Crippen molar-refractivity contribution in [3.8, 4) is 0 Å². The Bertz CT molecular complexity index is 766. The summed E-state index contributed by atoms with van der Waals surface area (Å²) in [4.78, 5) is 18.7. The van der Waals surface area contributed by atoms with Crippen molar-refractivity contribution in [1.82, 2.24) is 14.5 Å². The zero-order valence-corrected chi connectivity index (χ0v) is 15.0. The summed E-state index contributed by atoms with van der Waals surface area (Å²) in [5, 5.41) is 10.4. The molecule has 4 rings (SSSR count). The molecule has 26 heavy (non-hydrogen) atoms. The number of piperidine rings is 1. The Labute approximate surface area is 153 Å². The Morgan fingerprint density at radius 3 is 2.65 bits per heavy atom. The van der Waals surface area contributed by atoms with Gasteiger partial charge in [0.1, 0.15) is 0 Å². The van der Waals surface area contributed by atoms with Crippen molar-refractivity contribution in [2.75, 3.05) is 13.1 Å². The predicted octanol–water partition coefficient (Wildman–Crippen LogP) is 2.31. The number of carbonyl (C=O) groups is 1. The van der Waals surface area contributed by atoms with Crippen molar-refractivity contribution >= 4 is 5.91 Å². The second kappa shape index (κ2) is 6.85. The molecule has 2 atom stereocenters. The van der Waals surface area contributed by atoms with E-state index >= 15 is 0 Å². The van der Waals surface area contributed by atoms with Crippen molar-refractivity contribution in [1.29, 1.82) is 0 Å². The van der Waals surface area contributed by atoms with Gasteiger partial charge in [0.05, 0.1) is 17.8 Å². The van der Waals surface area contributed by atoms with Crippen molar-refractivity contribution in [2.24, 2.45) is 7.05 Å². The molecule has 1 N–H and O–H groups in total. The van der Waals surface area contributed by atoms with Crippen LogP contribution in [0.2, 0.25) is 0 Å². The number of aliphatic hydroxyl groups excluding tert-OH is 1. The summed E-state index contributed by atoms with van der Waals surface area (Å²) in [5.74, 6) is 0.427. The number of benzene rings is 1. The van der Waals surface area contributed by atoms with Gasteiger partial charge in [0.25, 0.3) is 5.91 Å². The number of nitrogens with zero attached hydrogens (tertiary/aromatic N) is 3. The van der Waals surface area contributed by atoms with Crippen molar-refractivity contribution < 1.29 is 14.6 Å². The average molecular weight is 355 g/mol. The normalized spacial score (nSPS) is 25.4. The van der Waals surface area contributed by atoms with Crippen LogP contribution in [0.3, 0.4) is 0 Å². The van der Waals surface area contributed by atoms with Gasteiger partial charge in [-0.25, -0.2) is 4.98 Å². The highest BCUT2D eigenvalue weighted by Gasteiger charge is 2.44. The van der Waals surface area contributed by atoms with E-state index in [1.54, 1.807) is 17.0 Å². The fraction of sp³-hybridized carbons (Fsp3) is 0.500. The largest absolute Gasteiger partial charge is 0.393 e. The summed E-state index contributed by atoms with van der Waals surface area (Å²) in [7, 11) is 1.83. The fourth-order valence-electron chi connectivity index (χ4n) is 4.18. The minimum atomic E-state index is -0.370. The monoisotopic (exact) mass is 355 g/mol. The Morgan fingerprint density at radius 1 is 1.27 bits per heavy atom. The number of amides is 1. The summed E-state index contributed by atoms with van der Waals surface area (Å²) >= 11 is 0. The van der Waals surface area contributed by atoms with Gasteiger partial charge in [-0.05, 0) is 18.4 Å². The van der Waals surface area contributed by atoms with Crippen LogP contribution in [0.25, 0.3) is 0 Å². The van der Waals surface area contributed by atoms with Gasteiger partial charge in [0.15, 0.2) is 5.82 Å². The van der Waals surface area contributed by atoms with E-state index in [-0.39, 0.29) is 23.7 Å². The summed E-state index contributed by atoms with van der Waals surface area (Å²) in [6, 6.07) is 10.1. The third-order valence-corrected chi connectivity index (χ3v) is 5.63. The van der Waals surface area contributed by atoms with Crippen LogP contribution in [0.15, 0.2) is 42.7 Å². The maximum Gasteiger partial charge on any atom is 0.289 e. The van der Waals surface area contributed by atoms with Crippen LogP contribution < -0.4 is 0 Å². The molecule has 0 radical (unpaired) electrons. The third kappa shape index (κ3) is 3.27. The van der Waals surface area contributed by atoms with Crippen LogP contribution in [-0.4, -0.2) is 50.3 Å². The van der Waals surface area contributed by atoms with E-state index in [4.69, 9.17) is 4.74 Å². The van der Waals surface area contributed by atoms with Gasteiger partial charge < -0.3 is 19.3 Å². The number of rotatable bonds is 2. The Balaban J connectivity index is 1.45. The summed E-state index contributed by atoms with van der Waals surface area (Å²) in [5.41, 5.74) is 0.758. The smallest absolute Gasteiger partial charge is 0.289 e. The first-order valence-corrected chi connectivity index (χ1v) is 9.24. The van der Waals surface area contributed by atoms with E-state index < -0.39 is 0 Å². The molecule has 0 bridgehead atoms. The van der Waals surface area contributed by atoms with E-state index in [1.165, 1.54) is 0 Å². The Hall–Kier alpha value is -2.18. The molecule has 2 aliphatic heterocycles. The highest BCUT2D eigenvalue weighted by molar-refractivity contribution is 5.90. The molecule has 0 aliphatic carbocycles. The summed E-state index contributed by atoms with van der Waals surface area (Å²) in [6.07, 6.45) is 5.71. The second-order valence-electron chi connectivity index (χ2n) is 7.45. The Kier molecular flexibility index (Phi) is 4.54. The molecule has 2 aromatic rings. The van der Waals surface area contributed by atoms with Crippen molar-refractivity contribution in [3.63, 3.8) is 0 Å². The first kappa shape index (κ1) is 17.2. The summed E-state index contributed by atoms with van der Waals surface area (Å²) in [6.45, 7) is 1.25. The van der Waals surface area contributed by atoms with Gasteiger partial charge in [0, 0.05) is 45.4 Å². The van der Waals surface area contributed by atoms with Crippen molar-refractivity contribution in [2.45, 2.75) is 43.5 Å². The SMILES string of the molecule is Cn1ccnc1C(=O)N1CCC2(CC1)C[C@H](O)C[C@H](c1ccccc1)O2. The van der Waals surface area contributed by atoms with Crippen LogP contribution in [0, 0.1) is 0 Å². The van der Waals surface area contributed by atoms with E-state index in [2.05, 4.69) is 17.1 Å². The lowest BCUT2D eigenvalue weighted by molar-refractivity contribution is -0.181. The van der Waals surface area contributed by atoms with Gasteiger partial charge in [0.2, 0.25) is 0 Å². The molecular formula is C20H25N3O3. The van der Waals surface area contributed by atoms with E-state index in [1.807, 2.05) is 30.1 Å². The number of carbonyl (C=O) groups excluding carboxylic acids is 1. The number of hydrogen-bond donors (Lipinski definition) is 1. The minimum Gasteiger partial charge on any atom is -0.393 e. The number of ether oxygens (including phenoxy) is 1. The number of hydrogen-bond acceptors (Lipinski definition) is 4. The molecule has 6 nitrogen and oxygen atoms in total. The molecule has 1 amide bonds. The highest BCUT2D eigenvalue weighted by atomic mass is 16.5. The zero-order valence-electron chi connectivity index (χ0n) is 15.0. The maximum atomic E-state index is 12.7. The van der Waals surface area contributed by atoms with Gasteiger partial charge in [-0.15, -0.1) is 0 Å². The van der Waals surface area contributed by atoms with Gasteiger partial charge in [-0.1, -0.05) is 30.3 Å². The predicted molar refractivity (Wildman–Crippen MR) is 96.6 cm³/mol. The molecular weight excluding hydrogens is 330 g/mol. The second-order valence-corrected chi connectivity index (χ2v) is 7.45. The number of imidazole rings is 1. The van der Waals surface area contributed by atoms with Crippen LogP contribution in [-0.2, 0) is 11.8 Å². The van der Waals surface area contributed by atoms with Crippen molar-refractivity contribution in [3.05, 3.63) is 54.1 Å². The quantitative estimate of drug-likeness (QED) is 0.898. The molecule has 2 saturated heterocycles. The van der Waals surface area contributed by atoms with Crippen LogP contribution in [0.1, 0.15) is 48.0 Å². The number of aryl methyl sites for hydroxylation is 1. The molecule has 0 unspecified atom stereocenters. The zero-order chi connectivity index (χ0) is 18.1. The van der Waals surface area contributed by atoms with Crippen LogP contribution >= 0.6 is 0 Å². The molecule has 2 aliphatic rings. The Morgan fingerprint density at radius 2 is 2.00 bits per heavy atom. The van der Waals surface area contributed by atoms with Gasteiger partial charge in [-0.2, -0.15) is 0 Å². The fourth-order valence-corrected chi connectivity index (χ4v) is 4.18. The maximum absolute atomic E-state index is 12.7. The number of aromatic nitrogens is 2. The minimum absolute atomic E-state index is 0.0386. The lowest BCUT2D eigenvalue weighted by atomic mass is 9.81. The molecule has 3 heterocycles. The van der Waals surface area contributed by atoms with Crippen LogP contribution in [0.5, 0.6) is 0 Å². The van der Waals surface area contributed by atoms with E-state index in [0.29, 0.717) is 31.8 Å². The van der Waals surface area contributed by atoms with E-state index in [0.717, 1.165) is 18.4 Å². The molecule has 138 valence electrons. The number of aliphatic hydroxyl groups is 1. The molecule has 6 heteroatoms. The number of likely N-dealkylation sites (tertiary alicyclic amines) is 1. The van der Waals surface area contributed by atoms with Gasteiger partial charge in [-0.3, -0.25) is 4.79 Å². The lowest BCUT2D eigenvalue weighted by Crippen LogP contribution is -2.52. The third-order valence-electron chi connectivity index (χ3n) is 5.63. The lowest BCUT2D eigenvalue weighted by Gasteiger charge is -2.48. The van der Waals surface area contributed by atoms with Crippen LogP contribution in [0.4, 0.5) is 0 Å². The summed E-state index contributed by atoms with van der Waals surface area (Å²) < 4.78 is 8.24. The average Bonchev–Trinajstić information content (AvgIpc) is 3.08. The highest BCUT2D eigenvalue weighted by Crippen LogP contribution is 2.43. The molecule has 1 aromatic carbocycles. The first-order chi connectivity index (χ1) is 12.6. The van der Waals surface area contributed by atoms with E-state index in [9.17, 15) is 9.90 Å². The molecule has 0 saturated carbocycles. The van der Waals surface area contributed by atoms with Gasteiger partial charge >= 0.3 is 0 Å². The standard InChI is InChI=1S/C20H25N3O3/c1-22-12-9-21-18(22)19(25)23-10-7-20(8-11-23)14-16(24)13-17(26-20)15-5-3-2-4-6-15/h2-6,9,12,16-17,24H,7-8,10-11,13-14H2,1H3/t16-,17-/m1/s1. The topological polar surface area (TPSA) is 67.6 Å². The molecule has 2 fully saturated rings.